The summed E-state index contributed by atoms with van der Waals surface area (Å²) in [5.41, 5.74) is -0.0249. The third-order valence-corrected chi connectivity index (χ3v) is 6.09. The monoisotopic (exact) mass is 398 g/mol. The van der Waals surface area contributed by atoms with Crippen LogP contribution in [0, 0.1) is 5.92 Å². The van der Waals surface area contributed by atoms with E-state index in [1.807, 2.05) is 4.90 Å². The normalized spacial score (nSPS) is 17.8. The third kappa shape index (κ3) is 3.59. The van der Waals surface area contributed by atoms with Gasteiger partial charge in [0, 0.05) is 44.2 Å². The van der Waals surface area contributed by atoms with E-state index in [1.54, 1.807) is 30.0 Å². The van der Waals surface area contributed by atoms with Gasteiger partial charge in [-0.25, -0.2) is 4.79 Å². The summed E-state index contributed by atoms with van der Waals surface area (Å²) in [7, 11) is 0. The molecule has 1 aromatic heterocycles. The van der Waals surface area contributed by atoms with Gasteiger partial charge in [-0.15, -0.1) is 0 Å². The number of hydrogen-bond donors (Lipinski definition) is 1. The van der Waals surface area contributed by atoms with Gasteiger partial charge in [-0.1, -0.05) is 0 Å². The number of nitrogens with zero attached hydrogens (tertiary/aromatic N) is 3. The molecule has 2 saturated heterocycles. The van der Waals surface area contributed by atoms with Gasteiger partial charge in [-0.3, -0.25) is 19.0 Å². The molecule has 2 aromatic rings. The van der Waals surface area contributed by atoms with Gasteiger partial charge >= 0.3 is 5.69 Å². The van der Waals surface area contributed by atoms with Crippen molar-refractivity contribution in [1.29, 1.82) is 0 Å². The molecule has 0 aliphatic carbocycles. The van der Waals surface area contributed by atoms with Crippen LogP contribution in [0.2, 0.25) is 0 Å². The van der Waals surface area contributed by atoms with Crippen molar-refractivity contribution in [1.82, 2.24) is 19.4 Å². The fraction of sp³-hybridized carbons (Fsp3) is 0.524. The standard InChI is InChI=1S/C21H26N4O4/c1-2-25-20(28)16-6-5-15(13-17(16)22-21(25)29)19(27)24-11-7-14(8-12-24)18(26)23-9-3-4-10-23/h5-6,13-14H,2-4,7-12H2,1H3,(H,22,29). The van der Waals surface area contributed by atoms with Crippen molar-refractivity contribution in [3.8, 4) is 0 Å². The fourth-order valence-electron chi connectivity index (χ4n) is 4.38. The van der Waals surface area contributed by atoms with Crippen molar-refractivity contribution in [2.24, 2.45) is 5.92 Å². The number of nitrogens with one attached hydrogen (secondary N) is 1. The first-order valence-electron chi connectivity index (χ1n) is 10.3. The number of hydrogen-bond acceptors (Lipinski definition) is 4. The van der Waals surface area contributed by atoms with Gasteiger partial charge in [0.05, 0.1) is 10.9 Å². The van der Waals surface area contributed by atoms with Crippen molar-refractivity contribution in [2.75, 3.05) is 26.2 Å². The summed E-state index contributed by atoms with van der Waals surface area (Å²) in [6.07, 6.45) is 3.51. The highest BCUT2D eigenvalue weighted by Gasteiger charge is 2.31. The molecule has 3 heterocycles. The second-order valence-electron chi connectivity index (χ2n) is 7.84. The third-order valence-electron chi connectivity index (χ3n) is 6.09. The second-order valence-corrected chi connectivity index (χ2v) is 7.84. The highest BCUT2D eigenvalue weighted by molar-refractivity contribution is 5.97. The smallest absolute Gasteiger partial charge is 0.328 e. The minimum absolute atomic E-state index is 0.00220. The first-order chi connectivity index (χ1) is 14.0. The van der Waals surface area contributed by atoms with E-state index in [2.05, 4.69) is 4.98 Å². The average molecular weight is 398 g/mol. The van der Waals surface area contributed by atoms with Crippen LogP contribution in [0.4, 0.5) is 0 Å². The van der Waals surface area contributed by atoms with Crippen molar-refractivity contribution in [3.05, 3.63) is 44.6 Å². The number of amides is 2. The van der Waals surface area contributed by atoms with Crippen molar-refractivity contribution < 1.29 is 9.59 Å². The molecule has 1 N–H and O–H groups in total. The van der Waals surface area contributed by atoms with E-state index in [0.29, 0.717) is 42.4 Å². The molecule has 4 rings (SSSR count). The van der Waals surface area contributed by atoms with Crippen LogP contribution in [0.15, 0.2) is 27.8 Å². The number of rotatable bonds is 3. The molecule has 1 aromatic carbocycles. The quantitative estimate of drug-likeness (QED) is 0.840. The molecule has 0 bridgehead atoms. The molecule has 0 saturated carbocycles. The molecule has 2 aliphatic heterocycles. The van der Waals surface area contributed by atoms with E-state index in [0.717, 1.165) is 30.5 Å². The summed E-state index contributed by atoms with van der Waals surface area (Å²) >= 11 is 0. The Morgan fingerprint density at radius 1 is 1.03 bits per heavy atom. The molecule has 0 atom stereocenters. The number of piperidine rings is 1. The lowest BCUT2D eigenvalue weighted by Crippen LogP contribution is -2.43. The Labute approximate surface area is 168 Å². The molecular formula is C21H26N4O4. The summed E-state index contributed by atoms with van der Waals surface area (Å²) in [6, 6.07) is 4.80. The molecular weight excluding hydrogens is 372 g/mol. The summed E-state index contributed by atoms with van der Waals surface area (Å²) in [6.45, 7) is 4.80. The minimum atomic E-state index is -0.476. The summed E-state index contributed by atoms with van der Waals surface area (Å²) in [5, 5.41) is 0.387. The molecule has 8 heteroatoms. The number of fused-ring (bicyclic) bond motifs is 1. The molecule has 0 unspecified atom stereocenters. The molecule has 2 amide bonds. The molecule has 0 spiro atoms. The first-order valence-corrected chi connectivity index (χ1v) is 10.3. The van der Waals surface area contributed by atoms with Gasteiger partial charge < -0.3 is 14.8 Å². The van der Waals surface area contributed by atoms with Crippen LogP contribution in [0.3, 0.4) is 0 Å². The summed E-state index contributed by atoms with van der Waals surface area (Å²) in [4.78, 5) is 56.3. The maximum atomic E-state index is 12.9. The van der Waals surface area contributed by atoms with Crippen molar-refractivity contribution in [3.63, 3.8) is 0 Å². The minimum Gasteiger partial charge on any atom is -0.342 e. The number of benzene rings is 1. The molecule has 2 aliphatic rings. The molecule has 29 heavy (non-hydrogen) atoms. The fourth-order valence-corrected chi connectivity index (χ4v) is 4.38. The maximum Gasteiger partial charge on any atom is 0.328 e. The van der Waals surface area contributed by atoms with Gasteiger partial charge in [0.15, 0.2) is 0 Å². The number of H-pyrrole nitrogens is 1. The number of likely N-dealkylation sites (tertiary alicyclic amines) is 2. The zero-order chi connectivity index (χ0) is 20.5. The van der Waals surface area contributed by atoms with Gasteiger partial charge in [0.2, 0.25) is 5.91 Å². The number of carbonyl (C=O) groups is 2. The number of aromatic amines is 1. The molecule has 8 nitrogen and oxygen atoms in total. The van der Waals surface area contributed by atoms with E-state index in [-0.39, 0.29) is 29.8 Å². The van der Waals surface area contributed by atoms with Crippen molar-refractivity contribution >= 4 is 22.7 Å². The van der Waals surface area contributed by atoms with Crippen molar-refractivity contribution in [2.45, 2.75) is 39.2 Å². The van der Waals surface area contributed by atoms with Crippen LogP contribution in [0.25, 0.3) is 10.9 Å². The van der Waals surface area contributed by atoms with Crippen LogP contribution in [-0.4, -0.2) is 57.3 Å². The Balaban J connectivity index is 1.49. The van der Waals surface area contributed by atoms with Gasteiger partial charge in [-0.2, -0.15) is 0 Å². The van der Waals surface area contributed by atoms with E-state index < -0.39 is 5.69 Å². The van der Waals surface area contributed by atoms with E-state index >= 15 is 0 Å². The van der Waals surface area contributed by atoms with E-state index in [4.69, 9.17) is 0 Å². The Morgan fingerprint density at radius 2 is 1.72 bits per heavy atom. The lowest BCUT2D eigenvalue weighted by atomic mass is 9.95. The molecule has 2 fully saturated rings. The summed E-state index contributed by atoms with van der Waals surface area (Å²) < 4.78 is 1.13. The molecule has 154 valence electrons. The first kappa shape index (κ1) is 19.4. The zero-order valence-corrected chi connectivity index (χ0v) is 16.6. The zero-order valence-electron chi connectivity index (χ0n) is 16.6. The Hall–Kier alpha value is -2.90. The lowest BCUT2D eigenvalue weighted by Gasteiger charge is -2.33. The second kappa shape index (κ2) is 7.85. The Bertz CT molecular complexity index is 1060. The van der Waals surface area contributed by atoms with Crippen LogP contribution in [0.5, 0.6) is 0 Å². The van der Waals surface area contributed by atoms with Gasteiger partial charge in [0.25, 0.3) is 11.5 Å². The van der Waals surface area contributed by atoms with E-state index in [9.17, 15) is 19.2 Å². The SMILES string of the molecule is CCn1c(=O)[nH]c2cc(C(=O)N3CCC(C(=O)N4CCCC4)CC3)ccc2c1=O. The highest BCUT2D eigenvalue weighted by atomic mass is 16.2. The van der Waals surface area contributed by atoms with Crippen LogP contribution >= 0.6 is 0 Å². The predicted molar refractivity (Wildman–Crippen MR) is 109 cm³/mol. The number of carbonyl (C=O) groups excluding carboxylic acids is 2. The number of aromatic nitrogens is 2. The topological polar surface area (TPSA) is 95.5 Å². The highest BCUT2D eigenvalue weighted by Crippen LogP contribution is 2.23. The largest absolute Gasteiger partial charge is 0.342 e. The van der Waals surface area contributed by atoms with Crippen LogP contribution < -0.4 is 11.2 Å². The molecule has 0 radical (unpaired) electrons. The van der Waals surface area contributed by atoms with Crippen LogP contribution in [0.1, 0.15) is 43.0 Å². The van der Waals surface area contributed by atoms with Gasteiger partial charge in [0.1, 0.15) is 0 Å². The predicted octanol–water partition coefficient (Wildman–Crippen LogP) is 1.18. The maximum absolute atomic E-state index is 12.9. The summed E-state index contributed by atoms with van der Waals surface area (Å²) in [5.74, 6) is 0.0854. The Morgan fingerprint density at radius 3 is 2.38 bits per heavy atom. The van der Waals surface area contributed by atoms with Crippen LogP contribution in [-0.2, 0) is 11.3 Å². The Kier molecular flexibility index (Phi) is 5.25. The van der Waals surface area contributed by atoms with E-state index in [1.165, 1.54) is 0 Å². The average Bonchev–Trinajstić information content (AvgIpc) is 3.27. The van der Waals surface area contributed by atoms with Gasteiger partial charge in [-0.05, 0) is 50.8 Å². The lowest BCUT2D eigenvalue weighted by molar-refractivity contribution is -0.135.